The van der Waals surface area contributed by atoms with Gasteiger partial charge in [-0.25, -0.2) is 4.98 Å². The van der Waals surface area contributed by atoms with Gasteiger partial charge in [0.1, 0.15) is 0 Å². The van der Waals surface area contributed by atoms with Gasteiger partial charge in [-0.15, -0.1) is 0 Å². The molecule has 1 aliphatic rings. The summed E-state index contributed by atoms with van der Waals surface area (Å²) < 4.78 is 5.73. The fourth-order valence-corrected chi connectivity index (χ4v) is 2.87. The zero-order chi connectivity index (χ0) is 17.1. The number of primary amides is 1. The average molecular weight is 327 g/mol. The highest BCUT2D eigenvalue weighted by atomic mass is 16.4. The maximum absolute atomic E-state index is 12.2. The quantitative estimate of drug-likeness (QED) is 0.908. The van der Waals surface area contributed by atoms with Gasteiger partial charge in [-0.3, -0.25) is 9.59 Å². The molecule has 2 heterocycles. The third-order valence-corrected chi connectivity index (χ3v) is 4.39. The summed E-state index contributed by atoms with van der Waals surface area (Å²) >= 11 is 0. The number of nitrogens with two attached hydrogens (primary N) is 1. The Morgan fingerprint density at radius 2 is 2.08 bits per heavy atom. The van der Waals surface area contributed by atoms with Crippen LogP contribution in [-0.4, -0.2) is 34.8 Å². The molecule has 0 bridgehead atoms. The van der Waals surface area contributed by atoms with Crippen molar-refractivity contribution in [2.24, 2.45) is 11.7 Å². The molecule has 0 aliphatic carbocycles. The topological polar surface area (TPSA) is 89.4 Å². The van der Waals surface area contributed by atoms with Gasteiger partial charge in [0, 0.05) is 31.5 Å². The predicted molar refractivity (Wildman–Crippen MR) is 88.9 cm³/mol. The lowest BCUT2D eigenvalue weighted by atomic mass is 10.1. The van der Waals surface area contributed by atoms with Gasteiger partial charge in [-0.05, 0) is 13.3 Å². The van der Waals surface area contributed by atoms with Crippen molar-refractivity contribution in [2.45, 2.75) is 26.2 Å². The van der Waals surface area contributed by atoms with Crippen molar-refractivity contribution < 1.29 is 14.0 Å². The molecule has 0 saturated carbocycles. The molecule has 2 N–H and O–H groups in total. The first-order chi connectivity index (χ1) is 11.5. The molecule has 126 valence electrons. The van der Waals surface area contributed by atoms with Crippen molar-refractivity contribution in [3.05, 3.63) is 41.9 Å². The maximum atomic E-state index is 12.2. The zero-order valence-corrected chi connectivity index (χ0v) is 13.7. The van der Waals surface area contributed by atoms with Crippen molar-refractivity contribution in [3.63, 3.8) is 0 Å². The molecular formula is C18H21N3O3. The van der Waals surface area contributed by atoms with Crippen LogP contribution in [0.2, 0.25) is 0 Å². The summed E-state index contributed by atoms with van der Waals surface area (Å²) in [5, 5.41) is 0. The normalized spacial score (nSPS) is 17.2. The third-order valence-electron chi connectivity index (χ3n) is 4.39. The van der Waals surface area contributed by atoms with E-state index in [0.29, 0.717) is 44.0 Å². The van der Waals surface area contributed by atoms with Crippen LogP contribution < -0.4 is 5.73 Å². The Morgan fingerprint density at radius 1 is 1.33 bits per heavy atom. The van der Waals surface area contributed by atoms with Crippen LogP contribution in [0, 0.1) is 12.8 Å². The summed E-state index contributed by atoms with van der Waals surface area (Å²) in [5.74, 6) is 0.704. The van der Waals surface area contributed by atoms with Gasteiger partial charge in [0.25, 0.3) is 0 Å². The molecule has 0 radical (unpaired) electrons. The summed E-state index contributed by atoms with van der Waals surface area (Å²) in [4.78, 5) is 29.3. The van der Waals surface area contributed by atoms with Crippen LogP contribution in [0.4, 0.5) is 0 Å². The number of hydrogen-bond donors (Lipinski definition) is 1. The second-order valence-corrected chi connectivity index (χ2v) is 6.21. The van der Waals surface area contributed by atoms with E-state index in [0.717, 1.165) is 5.56 Å². The summed E-state index contributed by atoms with van der Waals surface area (Å²) in [6.45, 7) is 3.04. The lowest BCUT2D eigenvalue weighted by Crippen LogP contribution is -2.31. The molecule has 6 heteroatoms. The van der Waals surface area contributed by atoms with Gasteiger partial charge >= 0.3 is 0 Å². The van der Waals surface area contributed by atoms with Crippen molar-refractivity contribution >= 4 is 11.8 Å². The molecule has 0 unspecified atom stereocenters. The van der Waals surface area contributed by atoms with E-state index in [1.807, 2.05) is 31.2 Å². The predicted octanol–water partition coefficient (Wildman–Crippen LogP) is 1.92. The van der Waals surface area contributed by atoms with E-state index in [-0.39, 0.29) is 17.7 Å². The van der Waals surface area contributed by atoms with E-state index in [9.17, 15) is 9.59 Å². The van der Waals surface area contributed by atoms with E-state index in [2.05, 4.69) is 4.98 Å². The standard InChI is InChI=1S/C18H21N3O3/c1-12-2-4-13(5-3-12)15-10-20-16(24-15)6-7-17(22)21-9-8-14(11-21)18(19)23/h2-5,10,14H,6-9,11H2,1H3,(H2,19,23)/t14-/m0/s1. The lowest BCUT2D eigenvalue weighted by Gasteiger charge is -2.15. The molecule has 2 amide bonds. The first-order valence-electron chi connectivity index (χ1n) is 8.12. The molecular weight excluding hydrogens is 306 g/mol. The van der Waals surface area contributed by atoms with Crippen molar-refractivity contribution in [1.82, 2.24) is 9.88 Å². The fraction of sp³-hybridized carbons (Fsp3) is 0.389. The fourth-order valence-electron chi connectivity index (χ4n) is 2.87. The summed E-state index contributed by atoms with van der Waals surface area (Å²) in [6, 6.07) is 8.01. The minimum absolute atomic E-state index is 0.00818. The van der Waals surface area contributed by atoms with Crippen molar-refractivity contribution in [1.29, 1.82) is 0 Å². The molecule has 1 aromatic carbocycles. The summed E-state index contributed by atoms with van der Waals surface area (Å²) in [6.07, 6.45) is 3.10. The molecule has 1 aromatic heterocycles. The van der Waals surface area contributed by atoms with Crippen molar-refractivity contribution in [2.75, 3.05) is 13.1 Å². The summed E-state index contributed by atoms with van der Waals surface area (Å²) in [7, 11) is 0. The number of aryl methyl sites for hydroxylation is 2. The van der Waals surface area contributed by atoms with Crippen LogP contribution in [0.3, 0.4) is 0 Å². The zero-order valence-electron chi connectivity index (χ0n) is 13.7. The number of nitrogens with zero attached hydrogens (tertiary/aromatic N) is 2. The molecule has 1 atom stereocenters. The molecule has 2 aromatic rings. The van der Waals surface area contributed by atoms with Gasteiger partial charge in [-0.2, -0.15) is 0 Å². The Kier molecular flexibility index (Phi) is 4.64. The van der Waals surface area contributed by atoms with E-state index < -0.39 is 0 Å². The van der Waals surface area contributed by atoms with Crippen LogP contribution in [0.25, 0.3) is 11.3 Å². The summed E-state index contributed by atoms with van der Waals surface area (Å²) in [5.41, 5.74) is 7.44. The maximum Gasteiger partial charge on any atom is 0.223 e. The number of aromatic nitrogens is 1. The van der Waals surface area contributed by atoms with Gasteiger partial charge < -0.3 is 15.1 Å². The number of likely N-dealkylation sites (tertiary alicyclic amines) is 1. The number of oxazole rings is 1. The molecule has 24 heavy (non-hydrogen) atoms. The molecule has 1 fully saturated rings. The average Bonchev–Trinajstić information content (AvgIpc) is 3.23. The molecule has 1 saturated heterocycles. The number of rotatable bonds is 5. The van der Waals surface area contributed by atoms with E-state index in [1.54, 1.807) is 11.1 Å². The highest BCUT2D eigenvalue weighted by molar-refractivity contribution is 5.81. The van der Waals surface area contributed by atoms with Gasteiger partial charge in [0.2, 0.25) is 11.8 Å². The second kappa shape index (κ2) is 6.86. The number of benzene rings is 1. The van der Waals surface area contributed by atoms with Crippen LogP contribution in [0.15, 0.2) is 34.9 Å². The SMILES string of the molecule is Cc1ccc(-c2cnc(CCC(=O)N3CC[C@H](C(N)=O)C3)o2)cc1. The minimum Gasteiger partial charge on any atom is -0.441 e. The van der Waals surface area contributed by atoms with E-state index in [1.165, 1.54) is 5.56 Å². The Labute approximate surface area is 140 Å². The number of carbonyl (C=O) groups excluding carboxylic acids is 2. The van der Waals surface area contributed by atoms with Gasteiger partial charge in [0.15, 0.2) is 11.7 Å². The van der Waals surface area contributed by atoms with E-state index >= 15 is 0 Å². The number of amides is 2. The Balaban J connectivity index is 1.55. The van der Waals surface area contributed by atoms with Crippen LogP contribution >= 0.6 is 0 Å². The van der Waals surface area contributed by atoms with Gasteiger partial charge in [-0.1, -0.05) is 29.8 Å². The number of carbonyl (C=O) groups is 2. The highest BCUT2D eigenvalue weighted by Crippen LogP contribution is 2.22. The first kappa shape index (κ1) is 16.2. The molecule has 6 nitrogen and oxygen atoms in total. The monoisotopic (exact) mass is 327 g/mol. The lowest BCUT2D eigenvalue weighted by molar-refractivity contribution is -0.130. The van der Waals surface area contributed by atoms with Crippen LogP contribution in [0.1, 0.15) is 24.3 Å². The van der Waals surface area contributed by atoms with Gasteiger partial charge in [0.05, 0.1) is 12.1 Å². The second-order valence-electron chi connectivity index (χ2n) is 6.21. The first-order valence-corrected chi connectivity index (χ1v) is 8.12. The molecule has 3 rings (SSSR count). The van der Waals surface area contributed by atoms with E-state index in [4.69, 9.17) is 10.2 Å². The number of hydrogen-bond acceptors (Lipinski definition) is 4. The Bertz CT molecular complexity index is 736. The Morgan fingerprint density at radius 3 is 2.75 bits per heavy atom. The largest absolute Gasteiger partial charge is 0.441 e. The minimum atomic E-state index is -0.333. The van der Waals surface area contributed by atoms with Crippen molar-refractivity contribution in [3.8, 4) is 11.3 Å². The highest BCUT2D eigenvalue weighted by Gasteiger charge is 2.29. The molecule has 0 spiro atoms. The van der Waals surface area contributed by atoms with Crippen LogP contribution in [-0.2, 0) is 16.0 Å². The third kappa shape index (κ3) is 3.64. The smallest absolute Gasteiger partial charge is 0.223 e. The Hall–Kier alpha value is -2.63. The van der Waals surface area contributed by atoms with Crippen LogP contribution in [0.5, 0.6) is 0 Å². The molecule has 1 aliphatic heterocycles.